The standard InChI is InChI=1S/C20H26O.C10H12O2.C5H12.CH4O/c1-3-11-17(12-4-2)20(21,18-13-7-5-8-14-18)19-15-9-6-10-16-19;1-10(2,9(11)12)8-6-4-3-5-7-8;1-3-5-4-2;1-2/h5-10,13-17,21H,3-4,11-12H2,1-2H3;3-7H,1-2H3,(H,11,12);3-5H2,1-2H3;2H,1H3. The number of aliphatic carboxylic acids is 1. The molecule has 0 fully saturated rings. The van der Waals surface area contributed by atoms with Gasteiger partial charge in [-0.2, -0.15) is 0 Å². The maximum atomic E-state index is 11.7. The van der Waals surface area contributed by atoms with Gasteiger partial charge >= 0.3 is 5.97 Å². The van der Waals surface area contributed by atoms with Gasteiger partial charge in [-0.1, -0.05) is 151 Å². The molecule has 0 saturated heterocycles. The maximum absolute atomic E-state index is 11.7. The van der Waals surface area contributed by atoms with Crippen molar-refractivity contribution in [2.24, 2.45) is 5.92 Å². The fourth-order valence-corrected chi connectivity index (χ4v) is 4.61. The van der Waals surface area contributed by atoms with Crippen molar-refractivity contribution in [3.8, 4) is 0 Å². The Kier molecular flexibility index (Phi) is 19.3. The SMILES string of the molecule is CC(C)(C(=O)O)c1ccccc1.CCCC(CCC)C(O)(c1ccccc1)c1ccccc1.CCCCC.CO. The summed E-state index contributed by atoms with van der Waals surface area (Å²) in [5.74, 6) is -0.550. The van der Waals surface area contributed by atoms with Crippen LogP contribution in [0, 0.1) is 5.92 Å². The summed E-state index contributed by atoms with van der Waals surface area (Å²) in [7, 11) is 1.00. The highest BCUT2D eigenvalue weighted by Crippen LogP contribution is 2.41. The number of carbonyl (C=O) groups is 1. The first kappa shape index (κ1) is 37.1. The highest BCUT2D eigenvalue weighted by atomic mass is 16.4. The van der Waals surface area contributed by atoms with E-state index in [2.05, 4.69) is 27.7 Å². The topological polar surface area (TPSA) is 77.8 Å². The Labute approximate surface area is 244 Å². The van der Waals surface area contributed by atoms with Gasteiger partial charge in [-0.3, -0.25) is 4.79 Å². The van der Waals surface area contributed by atoms with Crippen LogP contribution in [-0.2, 0) is 15.8 Å². The molecule has 4 heteroatoms. The number of hydrogen-bond acceptors (Lipinski definition) is 3. The molecule has 0 aromatic heterocycles. The summed E-state index contributed by atoms with van der Waals surface area (Å²) >= 11 is 0. The fraction of sp³-hybridized carbons (Fsp3) is 0.472. The van der Waals surface area contributed by atoms with Crippen molar-refractivity contribution in [1.29, 1.82) is 0 Å². The normalized spacial score (nSPS) is 10.8. The van der Waals surface area contributed by atoms with Crippen LogP contribution in [0.2, 0.25) is 0 Å². The first-order valence-corrected chi connectivity index (χ1v) is 14.8. The molecule has 222 valence electrons. The third-order valence-corrected chi connectivity index (χ3v) is 7.03. The van der Waals surface area contributed by atoms with Gasteiger partial charge in [0.05, 0.1) is 5.41 Å². The predicted octanol–water partition coefficient (Wildman–Crippen LogP) is 8.99. The molecule has 0 aliphatic heterocycles. The highest BCUT2D eigenvalue weighted by molar-refractivity contribution is 5.80. The zero-order chi connectivity index (χ0) is 30.4. The van der Waals surface area contributed by atoms with Crippen LogP contribution >= 0.6 is 0 Å². The molecule has 0 bridgehead atoms. The quantitative estimate of drug-likeness (QED) is 0.223. The molecule has 0 aliphatic carbocycles. The zero-order valence-corrected chi connectivity index (χ0v) is 25.9. The summed E-state index contributed by atoms with van der Waals surface area (Å²) in [5.41, 5.74) is 1.15. The second kappa shape index (κ2) is 20.9. The zero-order valence-electron chi connectivity index (χ0n) is 25.9. The van der Waals surface area contributed by atoms with E-state index in [0.29, 0.717) is 0 Å². The van der Waals surface area contributed by atoms with Crippen LogP contribution in [0.4, 0.5) is 0 Å². The molecule has 0 atom stereocenters. The first-order valence-electron chi connectivity index (χ1n) is 14.8. The van der Waals surface area contributed by atoms with Crippen LogP contribution in [0.15, 0.2) is 91.0 Å². The van der Waals surface area contributed by atoms with E-state index in [1.54, 1.807) is 13.8 Å². The monoisotopic (exact) mass is 550 g/mol. The summed E-state index contributed by atoms with van der Waals surface area (Å²) in [6.45, 7) is 12.2. The van der Waals surface area contributed by atoms with E-state index in [9.17, 15) is 9.90 Å². The summed E-state index contributed by atoms with van der Waals surface area (Å²) in [6.07, 6.45) is 8.33. The Morgan fingerprint density at radius 3 is 1.20 bits per heavy atom. The van der Waals surface area contributed by atoms with Crippen molar-refractivity contribution in [1.82, 2.24) is 0 Å². The van der Waals surface area contributed by atoms with Crippen LogP contribution in [-0.4, -0.2) is 28.4 Å². The fourth-order valence-electron chi connectivity index (χ4n) is 4.61. The van der Waals surface area contributed by atoms with Crippen LogP contribution in [0.3, 0.4) is 0 Å². The van der Waals surface area contributed by atoms with Gasteiger partial charge in [-0.15, -0.1) is 0 Å². The molecular weight excluding hydrogens is 496 g/mol. The van der Waals surface area contributed by atoms with Crippen LogP contribution < -0.4 is 0 Å². The molecule has 3 aromatic rings. The van der Waals surface area contributed by atoms with Gasteiger partial charge in [-0.05, 0) is 49.3 Å². The van der Waals surface area contributed by atoms with E-state index in [1.807, 2.05) is 91.0 Å². The van der Waals surface area contributed by atoms with E-state index in [-0.39, 0.29) is 5.92 Å². The second-order valence-electron chi connectivity index (χ2n) is 10.4. The number of benzene rings is 3. The smallest absolute Gasteiger partial charge is 0.313 e. The van der Waals surface area contributed by atoms with Gasteiger partial charge < -0.3 is 15.3 Å². The lowest BCUT2D eigenvalue weighted by atomic mass is 9.72. The number of unbranched alkanes of at least 4 members (excludes halogenated alkanes) is 2. The molecule has 0 heterocycles. The lowest BCUT2D eigenvalue weighted by molar-refractivity contribution is -0.142. The van der Waals surface area contributed by atoms with Crippen molar-refractivity contribution >= 4 is 5.97 Å². The van der Waals surface area contributed by atoms with Gasteiger partial charge in [0.15, 0.2) is 0 Å². The second-order valence-corrected chi connectivity index (χ2v) is 10.4. The number of aliphatic hydroxyl groups is 2. The van der Waals surface area contributed by atoms with Gasteiger partial charge in [0.25, 0.3) is 0 Å². The minimum atomic E-state index is -0.894. The summed E-state index contributed by atoms with van der Waals surface area (Å²) in [4.78, 5) is 10.8. The number of carboxylic acids is 1. The average Bonchev–Trinajstić information content (AvgIpc) is 3.00. The third kappa shape index (κ3) is 11.7. The van der Waals surface area contributed by atoms with E-state index in [4.69, 9.17) is 10.2 Å². The molecule has 4 nitrogen and oxygen atoms in total. The molecule has 3 N–H and O–H groups in total. The molecule has 40 heavy (non-hydrogen) atoms. The summed E-state index contributed by atoms with van der Waals surface area (Å²) in [6, 6.07) is 29.5. The van der Waals surface area contributed by atoms with E-state index in [1.165, 1.54) is 19.3 Å². The van der Waals surface area contributed by atoms with Crippen molar-refractivity contribution in [2.45, 2.75) is 97.5 Å². The molecule has 3 aromatic carbocycles. The van der Waals surface area contributed by atoms with E-state index >= 15 is 0 Å². The number of rotatable bonds is 11. The van der Waals surface area contributed by atoms with E-state index < -0.39 is 17.0 Å². The van der Waals surface area contributed by atoms with Gasteiger partial charge in [0.1, 0.15) is 5.60 Å². The van der Waals surface area contributed by atoms with Crippen LogP contribution in [0.25, 0.3) is 0 Å². The lowest BCUT2D eigenvalue weighted by Crippen LogP contribution is -2.36. The lowest BCUT2D eigenvalue weighted by Gasteiger charge is -2.37. The first-order chi connectivity index (χ1) is 19.2. The van der Waals surface area contributed by atoms with Crippen molar-refractivity contribution < 1.29 is 20.1 Å². The van der Waals surface area contributed by atoms with Gasteiger partial charge in [-0.25, -0.2) is 0 Å². The van der Waals surface area contributed by atoms with Crippen molar-refractivity contribution in [3.05, 3.63) is 108 Å². The molecule has 0 aliphatic rings. The Balaban J connectivity index is 0.000000674. The molecule has 0 amide bonds. The van der Waals surface area contributed by atoms with Gasteiger partial charge in [0.2, 0.25) is 0 Å². The summed E-state index contributed by atoms with van der Waals surface area (Å²) in [5, 5.41) is 27.6. The minimum absolute atomic E-state index is 0.247. The third-order valence-electron chi connectivity index (χ3n) is 7.03. The van der Waals surface area contributed by atoms with E-state index in [0.717, 1.165) is 49.5 Å². The molecular formula is C36H54O4. The largest absolute Gasteiger partial charge is 0.481 e. The number of hydrogen-bond donors (Lipinski definition) is 3. The van der Waals surface area contributed by atoms with Crippen molar-refractivity contribution in [2.75, 3.05) is 7.11 Å². The molecule has 3 rings (SSSR count). The maximum Gasteiger partial charge on any atom is 0.313 e. The number of aliphatic hydroxyl groups excluding tert-OH is 1. The highest BCUT2D eigenvalue weighted by Gasteiger charge is 2.38. The van der Waals surface area contributed by atoms with Gasteiger partial charge in [0, 0.05) is 7.11 Å². The molecule has 0 spiro atoms. The minimum Gasteiger partial charge on any atom is -0.481 e. The van der Waals surface area contributed by atoms with Crippen molar-refractivity contribution in [3.63, 3.8) is 0 Å². The molecule has 0 radical (unpaired) electrons. The molecule has 0 saturated carbocycles. The Bertz CT molecular complexity index is 953. The molecule has 0 unspecified atom stereocenters. The van der Waals surface area contributed by atoms with Crippen LogP contribution in [0.5, 0.6) is 0 Å². The number of carboxylic acid groups (broad SMARTS) is 1. The Morgan fingerprint density at radius 1 is 0.625 bits per heavy atom. The average molecular weight is 551 g/mol. The Morgan fingerprint density at radius 2 is 0.950 bits per heavy atom. The predicted molar refractivity (Wildman–Crippen MR) is 170 cm³/mol. The summed E-state index contributed by atoms with van der Waals surface area (Å²) < 4.78 is 0. The Hall–Kier alpha value is -2.95. The van der Waals surface area contributed by atoms with Crippen LogP contribution in [0.1, 0.15) is 103 Å².